The first-order chi connectivity index (χ1) is 6.12. The van der Waals surface area contributed by atoms with Gasteiger partial charge in [-0.05, 0) is 13.8 Å². The van der Waals surface area contributed by atoms with E-state index in [0.29, 0.717) is 5.32 Å². The van der Waals surface area contributed by atoms with Gasteiger partial charge in [0, 0.05) is 5.57 Å². The van der Waals surface area contributed by atoms with Crippen LogP contribution in [-0.4, -0.2) is 18.1 Å². The van der Waals surface area contributed by atoms with Crippen molar-refractivity contribution in [3.8, 4) is 0 Å². The number of alkyl halides is 5. The summed E-state index contributed by atoms with van der Waals surface area (Å²) in [7, 11) is 0. The monoisotopic (exact) mass is 217 g/mol. The zero-order valence-electron chi connectivity index (χ0n) is 7.38. The predicted octanol–water partition coefficient (Wildman–Crippen LogP) is 2.22. The van der Waals surface area contributed by atoms with Crippen LogP contribution in [0.5, 0.6) is 0 Å². The van der Waals surface area contributed by atoms with E-state index in [4.69, 9.17) is 0 Å². The molecule has 0 unspecified atom stereocenters. The maximum absolute atomic E-state index is 12.2. The lowest BCUT2D eigenvalue weighted by atomic mass is 10.2. The summed E-state index contributed by atoms with van der Waals surface area (Å²) in [5.74, 6) is -1.45. The Labute approximate surface area is 76.8 Å². The minimum atomic E-state index is -5.78. The van der Waals surface area contributed by atoms with Gasteiger partial charge in [-0.25, -0.2) is 0 Å². The number of halogens is 5. The van der Waals surface area contributed by atoms with Crippen molar-refractivity contribution >= 4 is 5.91 Å². The molecule has 2 nitrogen and oxygen atoms in total. The van der Waals surface area contributed by atoms with E-state index < -0.39 is 18.1 Å². The fourth-order valence-electron chi connectivity index (χ4n) is 0.443. The van der Waals surface area contributed by atoms with Gasteiger partial charge in [0.1, 0.15) is 0 Å². The molecule has 0 spiro atoms. The van der Waals surface area contributed by atoms with E-state index in [2.05, 4.69) is 0 Å². The Balaban J connectivity index is 4.62. The normalized spacial score (nSPS) is 14.1. The van der Waals surface area contributed by atoms with Gasteiger partial charge in [-0.1, -0.05) is 6.08 Å². The molecule has 1 N–H and O–H groups in total. The predicted molar refractivity (Wildman–Crippen MR) is 38.6 cm³/mol. The van der Waals surface area contributed by atoms with E-state index in [0.717, 1.165) is 13.0 Å². The molecule has 0 atom stereocenters. The third-order valence-electron chi connectivity index (χ3n) is 1.42. The largest absolute Gasteiger partial charge is 0.475 e. The van der Waals surface area contributed by atoms with Crippen LogP contribution < -0.4 is 5.32 Å². The number of amides is 1. The van der Waals surface area contributed by atoms with Gasteiger partial charge in [0.05, 0.1) is 0 Å². The summed E-state index contributed by atoms with van der Waals surface area (Å²) in [6.45, 7) is 2.47. The van der Waals surface area contributed by atoms with Crippen molar-refractivity contribution in [1.29, 1.82) is 0 Å². The molecule has 0 saturated carbocycles. The van der Waals surface area contributed by atoms with E-state index in [1.54, 1.807) is 0 Å². The lowest BCUT2D eigenvalue weighted by Crippen LogP contribution is -2.52. The molecule has 0 heterocycles. The second-order valence-electron chi connectivity index (χ2n) is 2.50. The number of rotatable bonds is 2. The van der Waals surface area contributed by atoms with Crippen molar-refractivity contribution < 1.29 is 26.7 Å². The second-order valence-corrected chi connectivity index (χ2v) is 2.50. The molecule has 0 bridgehead atoms. The zero-order chi connectivity index (χ0) is 11.6. The molecule has 1 amide bonds. The first-order valence-electron chi connectivity index (χ1n) is 3.52. The van der Waals surface area contributed by atoms with Crippen LogP contribution in [0.2, 0.25) is 0 Å². The Morgan fingerprint density at radius 2 is 1.64 bits per heavy atom. The van der Waals surface area contributed by atoms with Crippen LogP contribution in [0.4, 0.5) is 22.0 Å². The maximum atomic E-state index is 12.2. The minimum absolute atomic E-state index is 0.214. The first-order valence-corrected chi connectivity index (χ1v) is 3.52. The Hall–Kier alpha value is -1.14. The van der Waals surface area contributed by atoms with Crippen LogP contribution in [0.1, 0.15) is 13.8 Å². The second kappa shape index (κ2) is 3.93. The highest BCUT2D eigenvalue weighted by atomic mass is 19.4. The molecule has 82 valence electrons. The summed E-state index contributed by atoms with van der Waals surface area (Å²) in [5, 5.41) is 0.581. The van der Waals surface area contributed by atoms with E-state index in [-0.39, 0.29) is 5.57 Å². The topological polar surface area (TPSA) is 29.1 Å². The SMILES string of the molecule is CC=C(C)C(=O)NC(F)(F)C(F)(F)F. The number of hydrogen-bond acceptors (Lipinski definition) is 1. The van der Waals surface area contributed by atoms with Gasteiger partial charge in [0.2, 0.25) is 0 Å². The number of nitrogens with one attached hydrogen (secondary N) is 1. The van der Waals surface area contributed by atoms with Gasteiger partial charge in [-0.3, -0.25) is 10.1 Å². The lowest BCUT2D eigenvalue weighted by Gasteiger charge is -2.20. The summed E-state index contributed by atoms with van der Waals surface area (Å²) in [6.07, 6.45) is -4.65. The highest BCUT2D eigenvalue weighted by molar-refractivity contribution is 5.93. The fraction of sp³-hybridized carbons (Fsp3) is 0.571. The quantitative estimate of drug-likeness (QED) is 0.429. The van der Waals surface area contributed by atoms with Crippen molar-refractivity contribution in [2.45, 2.75) is 26.1 Å². The van der Waals surface area contributed by atoms with Gasteiger partial charge in [-0.15, -0.1) is 0 Å². The van der Waals surface area contributed by atoms with Gasteiger partial charge < -0.3 is 0 Å². The molecule has 0 aliphatic carbocycles. The smallest absolute Gasteiger partial charge is 0.286 e. The summed E-state index contributed by atoms with van der Waals surface area (Å²) in [4.78, 5) is 10.7. The number of carbonyl (C=O) groups excluding carboxylic acids is 1. The standard InChI is InChI=1S/C7H8F5NO/c1-3-4(2)5(14)13-7(11,12)6(8,9)10/h3H,1-2H3,(H,13,14). The van der Waals surface area contributed by atoms with Crippen LogP contribution >= 0.6 is 0 Å². The number of hydrogen-bond donors (Lipinski definition) is 1. The third-order valence-corrected chi connectivity index (χ3v) is 1.42. The highest BCUT2D eigenvalue weighted by Gasteiger charge is 2.58. The molecule has 0 fully saturated rings. The number of allylic oxidation sites excluding steroid dienone is 1. The van der Waals surface area contributed by atoms with Crippen molar-refractivity contribution in [3.63, 3.8) is 0 Å². The summed E-state index contributed by atoms with van der Waals surface area (Å²) in [6, 6.07) is -5.20. The molecule has 0 radical (unpaired) electrons. The molecule has 0 aromatic carbocycles. The average molecular weight is 217 g/mol. The van der Waals surface area contributed by atoms with Gasteiger partial charge >= 0.3 is 12.2 Å². The van der Waals surface area contributed by atoms with Crippen LogP contribution in [-0.2, 0) is 4.79 Å². The molecule has 0 rings (SSSR count). The molecule has 0 aliphatic heterocycles. The molecule has 14 heavy (non-hydrogen) atoms. The van der Waals surface area contributed by atoms with Crippen molar-refractivity contribution in [1.82, 2.24) is 5.32 Å². The van der Waals surface area contributed by atoms with E-state index in [1.165, 1.54) is 6.92 Å². The average Bonchev–Trinajstić information content (AvgIpc) is 2.00. The van der Waals surface area contributed by atoms with E-state index in [9.17, 15) is 26.7 Å². The van der Waals surface area contributed by atoms with Crippen LogP contribution in [0.3, 0.4) is 0 Å². The maximum Gasteiger partial charge on any atom is 0.475 e. The lowest BCUT2D eigenvalue weighted by molar-refractivity contribution is -0.292. The van der Waals surface area contributed by atoms with Gasteiger partial charge in [0.15, 0.2) is 0 Å². The van der Waals surface area contributed by atoms with Gasteiger partial charge in [0.25, 0.3) is 5.91 Å². The Bertz CT molecular complexity index is 255. The highest BCUT2D eigenvalue weighted by Crippen LogP contribution is 2.32. The Kier molecular flexibility index (Phi) is 3.61. The Morgan fingerprint density at radius 3 is 1.93 bits per heavy atom. The first kappa shape index (κ1) is 12.9. The molecule has 0 aliphatic rings. The summed E-state index contributed by atoms with van der Waals surface area (Å²) < 4.78 is 59.1. The molecule has 0 aromatic heterocycles. The number of carbonyl (C=O) groups is 1. The van der Waals surface area contributed by atoms with E-state index in [1.807, 2.05) is 0 Å². The Morgan fingerprint density at radius 1 is 1.21 bits per heavy atom. The van der Waals surface area contributed by atoms with Crippen molar-refractivity contribution in [2.75, 3.05) is 0 Å². The van der Waals surface area contributed by atoms with Crippen molar-refractivity contribution in [3.05, 3.63) is 11.6 Å². The molecule has 0 saturated heterocycles. The van der Waals surface area contributed by atoms with Crippen LogP contribution in [0.15, 0.2) is 11.6 Å². The zero-order valence-corrected chi connectivity index (χ0v) is 7.38. The van der Waals surface area contributed by atoms with Crippen LogP contribution in [0, 0.1) is 0 Å². The van der Waals surface area contributed by atoms with Crippen LogP contribution in [0.25, 0.3) is 0 Å². The molecule has 7 heteroatoms. The minimum Gasteiger partial charge on any atom is -0.286 e. The summed E-state index contributed by atoms with van der Waals surface area (Å²) >= 11 is 0. The van der Waals surface area contributed by atoms with E-state index >= 15 is 0 Å². The third kappa shape index (κ3) is 2.97. The summed E-state index contributed by atoms with van der Waals surface area (Å²) in [5.41, 5.74) is -0.214. The van der Waals surface area contributed by atoms with Gasteiger partial charge in [-0.2, -0.15) is 22.0 Å². The molecular weight excluding hydrogens is 209 g/mol. The van der Waals surface area contributed by atoms with Crippen molar-refractivity contribution in [2.24, 2.45) is 0 Å². The molecule has 0 aromatic rings. The molecular formula is C7H8F5NO. The fourth-order valence-corrected chi connectivity index (χ4v) is 0.443.